The van der Waals surface area contributed by atoms with E-state index in [4.69, 9.17) is 11.6 Å². The summed E-state index contributed by atoms with van der Waals surface area (Å²) in [5.74, 6) is -0.515. The Balaban J connectivity index is 1.67. The van der Waals surface area contributed by atoms with Gasteiger partial charge in [-0.25, -0.2) is 0 Å². The van der Waals surface area contributed by atoms with Gasteiger partial charge in [0.25, 0.3) is 5.91 Å². The zero-order valence-corrected chi connectivity index (χ0v) is 20.4. The normalized spacial score (nSPS) is 22.9. The number of carbonyl (C=O) groups is 2. The number of hydrogen-bond donors (Lipinski definition) is 1. The quantitative estimate of drug-likeness (QED) is 0.593. The van der Waals surface area contributed by atoms with Crippen LogP contribution < -0.4 is 5.32 Å². The van der Waals surface area contributed by atoms with E-state index < -0.39 is 5.92 Å². The Hall–Kier alpha value is -2.37. The molecule has 6 heteroatoms. The van der Waals surface area contributed by atoms with Gasteiger partial charge >= 0.3 is 0 Å². The molecule has 2 amide bonds. The molecule has 33 heavy (non-hydrogen) atoms. The summed E-state index contributed by atoms with van der Waals surface area (Å²) >= 11 is 6.34. The molecule has 0 radical (unpaired) electrons. The summed E-state index contributed by atoms with van der Waals surface area (Å²) in [6.45, 7) is 4.48. The Kier molecular flexibility index (Phi) is 7.71. The van der Waals surface area contributed by atoms with Gasteiger partial charge in [0.05, 0.1) is 12.0 Å². The van der Waals surface area contributed by atoms with Gasteiger partial charge in [0.15, 0.2) is 0 Å². The molecule has 2 aromatic carbocycles. The summed E-state index contributed by atoms with van der Waals surface area (Å²) in [5.41, 5.74) is 2.33. The van der Waals surface area contributed by atoms with Crippen molar-refractivity contribution in [2.75, 3.05) is 26.7 Å². The maximum atomic E-state index is 13.7. The number of unbranched alkanes of at least 4 members (excludes halogenated alkanes) is 1. The van der Waals surface area contributed by atoms with Crippen molar-refractivity contribution in [2.45, 2.75) is 57.0 Å². The van der Waals surface area contributed by atoms with Crippen molar-refractivity contribution in [2.24, 2.45) is 0 Å². The summed E-state index contributed by atoms with van der Waals surface area (Å²) in [5, 5.41) is 3.82. The predicted molar refractivity (Wildman–Crippen MR) is 133 cm³/mol. The summed E-state index contributed by atoms with van der Waals surface area (Å²) in [6.07, 6.45) is 5.20. The minimum atomic E-state index is -0.476. The standard InChI is InChI=1S/C27H34ClN3O2/c1-3-4-17-31-25(19-9-7-10-20(28)18-19)24(22-12-5-6-13-23(22)27(31)33)26(32)29-15-14-21-11-8-16-30(21)2/h5-7,9-10,12-13,18,21,24-25H,3-4,8,11,14-17H2,1-2H3,(H,29,32)/t21-,24+,25+/m1/s1. The largest absolute Gasteiger partial charge is 0.355 e. The van der Waals surface area contributed by atoms with Crippen molar-refractivity contribution in [1.82, 2.24) is 15.1 Å². The molecule has 1 N–H and O–H groups in total. The summed E-state index contributed by atoms with van der Waals surface area (Å²) in [4.78, 5) is 31.5. The van der Waals surface area contributed by atoms with Gasteiger partial charge in [0, 0.05) is 29.7 Å². The van der Waals surface area contributed by atoms with Crippen LogP contribution in [0.1, 0.15) is 72.5 Å². The van der Waals surface area contributed by atoms with Crippen LogP contribution in [0.5, 0.6) is 0 Å². The van der Waals surface area contributed by atoms with Crippen LogP contribution in [-0.2, 0) is 4.79 Å². The summed E-state index contributed by atoms with van der Waals surface area (Å²) in [6, 6.07) is 15.3. The number of halogens is 1. The SMILES string of the molecule is CCCCN1C(=O)c2ccccc2[C@H](C(=O)NCC[C@H]2CCCN2C)[C@@H]1c1cccc(Cl)c1. The van der Waals surface area contributed by atoms with Crippen LogP contribution in [0.3, 0.4) is 0 Å². The van der Waals surface area contributed by atoms with E-state index in [1.54, 1.807) is 0 Å². The molecule has 4 rings (SSSR count). The van der Waals surface area contributed by atoms with E-state index in [1.807, 2.05) is 53.4 Å². The minimum absolute atomic E-state index is 0.0133. The molecule has 176 valence electrons. The third kappa shape index (κ3) is 5.10. The maximum absolute atomic E-state index is 13.7. The molecule has 2 aliphatic heterocycles. The number of benzene rings is 2. The third-order valence-electron chi connectivity index (χ3n) is 7.11. The molecular weight excluding hydrogens is 434 g/mol. The number of amides is 2. The van der Waals surface area contributed by atoms with Crippen LogP contribution in [0.2, 0.25) is 5.02 Å². The summed E-state index contributed by atoms with van der Waals surface area (Å²) < 4.78 is 0. The lowest BCUT2D eigenvalue weighted by molar-refractivity contribution is -0.124. The van der Waals surface area contributed by atoms with Crippen molar-refractivity contribution in [3.63, 3.8) is 0 Å². The maximum Gasteiger partial charge on any atom is 0.254 e. The number of nitrogens with zero attached hydrogens (tertiary/aromatic N) is 2. The van der Waals surface area contributed by atoms with Crippen molar-refractivity contribution < 1.29 is 9.59 Å². The molecule has 3 atom stereocenters. The van der Waals surface area contributed by atoms with Crippen LogP contribution in [0.15, 0.2) is 48.5 Å². The third-order valence-corrected chi connectivity index (χ3v) is 7.35. The van der Waals surface area contributed by atoms with Crippen LogP contribution in [0.4, 0.5) is 0 Å². The fourth-order valence-corrected chi connectivity index (χ4v) is 5.53. The molecule has 0 aliphatic carbocycles. The zero-order chi connectivity index (χ0) is 23.4. The fourth-order valence-electron chi connectivity index (χ4n) is 5.33. The van der Waals surface area contributed by atoms with Crippen molar-refractivity contribution in [3.8, 4) is 0 Å². The number of nitrogens with one attached hydrogen (secondary N) is 1. The minimum Gasteiger partial charge on any atom is -0.355 e. The van der Waals surface area contributed by atoms with Crippen LogP contribution >= 0.6 is 11.6 Å². The molecule has 2 heterocycles. The van der Waals surface area contributed by atoms with Gasteiger partial charge in [-0.2, -0.15) is 0 Å². The molecule has 0 unspecified atom stereocenters. The Morgan fingerprint density at radius 3 is 2.73 bits per heavy atom. The number of rotatable bonds is 8. The second kappa shape index (κ2) is 10.7. The highest BCUT2D eigenvalue weighted by molar-refractivity contribution is 6.30. The van der Waals surface area contributed by atoms with Crippen LogP contribution in [0, 0.1) is 0 Å². The van der Waals surface area contributed by atoms with Gasteiger partial charge in [-0.1, -0.05) is 55.3 Å². The Bertz CT molecular complexity index is 995. The zero-order valence-electron chi connectivity index (χ0n) is 19.6. The highest BCUT2D eigenvalue weighted by Crippen LogP contribution is 2.43. The number of carbonyl (C=O) groups excluding carboxylic acids is 2. The van der Waals surface area contributed by atoms with Crippen LogP contribution in [0.25, 0.3) is 0 Å². The van der Waals surface area contributed by atoms with Crippen molar-refractivity contribution >= 4 is 23.4 Å². The lowest BCUT2D eigenvalue weighted by Crippen LogP contribution is -2.48. The number of likely N-dealkylation sites (tertiary alicyclic amines) is 1. The van der Waals surface area contributed by atoms with E-state index in [2.05, 4.69) is 24.2 Å². The second-order valence-corrected chi connectivity index (χ2v) is 9.71. The van der Waals surface area contributed by atoms with Gasteiger partial charge < -0.3 is 15.1 Å². The second-order valence-electron chi connectivity index (χ2n) is 9.27. The molecule has 0 saturated carbocycles. The van der Waals surface area contributed by atoms with E-state index in [-0.39, 0.29) is 17.9 Å². The molecule has 1 fully saturated rings. The first-order chi connectivity index (χ1) is 16.0. The number of fused-ring (bicyclic) bond motifs is 1. The molecule has 2 aliphatic rings. The van der Waals surface area contributed by atoms with Gasteiger partial charge in [0.2, 0.25) is 5.91 Å². The van der Waals surface area contributed by atoms with E-state index >= 15 is 0 Å². The average Bonchev–Trinajstić information content (AvgIpc) is 3.22. The van der Waals surface area contributed by atoms with E-state index in [1.165, 1.54) is 12.8 Å². The van der Waals surface area contributed by atoms with Gasteiger partial charge in [0.1, 0.15) is 0 Å². The van der Waals surface area contributed by atoms with E-state index in [0.717, 1.165) is 36.9 Å². The van der Waals surface area contributed by atoms with Gasteiger partial charge in [-0.15, -0.1) is 0 Å². The highest BCUT2D eigenvalue weighted by atomic mass is 35.5. The van der Waals surface area contributed by atoms with E-state index in [0.29, 0.717) is 29.7 Å². The Morgan fingerprint density at radius 2 is 2.00 bits per heavy atom. The smallest absolute Gasteiger partial charge is 0.254 e. The molecule has 0 bridgehead atoms. The fraction of sp³-hybridized carbons (Fsp3) is 0.481. The summed E-state index contributed by atoms with van der Waals surface area (Å²) in [7, 11) is 2.16. The van der Waals surface area contributed by atoms with Crippen molar-refractivity contribution in [1.29, 1.82) is 0 Å². The molecule has 0 spiro atoms. The first-order valence-corrected chi connectivity index (χ1v) is 12.5. The molecule has 0 aromatic heterocycles. The number of hydrogen-bond acceptors (Lipinski definition) is 3. The van der Waals surface area contributed by atoms with Gasteiger partial charge in [-0.3, -0.25) is 9.59 Å². The molecule has 2 aromatic rings. The highest BCUT2D eigenvalue weighted by Gasteiger charge is 2.43. The average molecular weight is 468 g/mol. The first-order valence-electron chi connectivity index (χ1n) is 12.1. The first kappa shape index (κ1) is 23.8. The molecule has 1 saturated heterocycles. The molecule has 5 nitrogen and oxygen atoms in total. The predicted octanol–water partition coefficient (Wildman–Crippen LogP) is 5.02. The Labute approximate surface area is 202 Å². The van der Waals surface area contributed by atoms with Crippen LogP contribution in [-0.4, -0.2) is 54.3 Å². The Morgan fingerprint density at radius 1 is 1.18 bits per heavy atom. The lowest BCUT2D eigenvalue weighted by atomic mass is 9.79. The van der Waals surface area contributed by atoms with Gasteiger partial charge in [-0.05, 0) is 68.6 Å². The monoisotopic (exact) mass is 467 g/mol. The lowest BCUT2D eigenvalue weighted by Gasteiger charge is -2.42. The van der Waals surface area contributed by atoms with Crippen molar-refractivity contribution in [3.05, 3.63) is 70.2 Å². The topological polar surface area (TPSA) is 52.7 Å². The van der Waals surface area contributed by atoms with E-state index in [9.17, 15) is 9.59 Å². The molecular formula is C27H34ClN3O2.